The second-order valence-electron chi connectivity index (χ2n) is 10.9. The van der Waals surface area contributed by atoms with E-state index in [0.717, 1.165) is 19.6 Å². The summed E-state index contributed by atoms with van der Waals surface area (Å²) in [5.74, 6) is 0. The van der Waals surface area contributed by atoms with Crippen LogP contribution in [0.4, 0.5) is 0 Å². The van der Waals surface area contributed by atoms with Gasteiger partial charge < -0.3 is 15.0 Å². The molecule has 1 atom stereocenters. The number of benzene rings is 4. The molecule has 1 fully saturated rings. The third-order valence-corrected chi connectivity index (χ3v) is 8.06. The zero-order chi connectivity index (χ0) is 28.4. The summed E-state index contributed by atoms with van der Waals surface area (Å²) in [5, 5.41) is 3.12. The Morgan fingerprint density at radius 1 is 0.732 bits per heavy atom. The number of hydrogen-bond acceptors (Lipinski definition) is 3. The van der Waals surface area contributed by atoms with Gasteiger partial charge >= 0.3 is 0 Å². The van der Waals surface area contributed by atoms with Crippen molar-refractivity contribution in [2.75, 3.05) is 40.3 Å². The molecular weight excluding hydrogens is 500 g/mol. The average Bonchev–Trinajstić information content (AvgIpc) is 3.18. The van der Waals surface area contributed by atoms with Crippen molar-refractivity contribution in [2.45, 2.75) is 25.9 Å². The first-order valence-corrected chi connectivity index (χ1v) is 14.8. The van der Waals surface area contributed by atoms with Gasteiger partial charge in [0, 0.05) is 19.6 Å². The molecule has 0 aromatic heterocycles. The largest absolute Gasteiger partial charge is 0.367 e. The first-order valence-electron chi connectivity index (χ1n) is 14.8. The molecule has 0 amide bonds. The van der Waals surface area contributed by atoms with Gasteiger partial charge in [0.2, 0.25) is 0 Å². The Bertz CT molecular complexity index is 1430. The molecule has 4 aromatic rings. The molecule has 0 radical (unpaired) electrons. The van der Waals surface area contributed by atoms with E-state index in [1.54, 1.807) is 5.57 Å². The number of rotatable bonds is 6. The molecule has 1 heterocycles. The number of nitrogens with zero attached hydrogens (tertiary/aromatic N) is 1. The highest BCUT2D eigenvalue weighted by Crippen LogP contribution is 2.38. The van der Waals surface area contributed by atoms with Crippen LogP contribution in [0.15, 0.2) is 109 Å². The zero-order valence-corrected chi connectivity index (χ0v) is 24.6. The molecule has 1 saturated heterocycles. The van der Waals surface area contributed by atoms with Gasteiger partial charge in [-0.2, -0.15) is 0 Å². The number of hydrogen-bond donors (Lipinski definition) is 1. The summed E-state index contributed by atoms with van der Waals surface area (Å²) < 4.78 is 6.07. The van der Waals surface area contributed by atoms with Crippen LogP contribution in [0.5, 0.6) is 0 Å². The van der Waals surface area contributed by atoms with Crippen molar-refractivity contribution < 1.29 is 4.74 Å². The molecule has 210 valence electrons. The molecule has 0 spiro atoms. The van der Waals surface area contributed by atoms with E-state index < -0.39 is 0 Å². The summed E-state index contributed by atoms with van der Waals surface area (Å²) in [7, 11) is 4.16. The molecule has 2 aliphatic rings. The van der Waals surface area contributed by atoms with Crippen LogP contribution in [-0.2, 0) is 4.74 Å². The molecule has 1 unspecified atom stereocenters. The maximum atomic E-state index is 6.07. The van der Waals surface area contributed by atoms with Crippen molar-refractivity contribution in [1.29, 1.82) is 0 Å². The van der Waals surface area contributed by atoms with E-state index in [1.807, 2.05) is 13.1 Å². The summed E-state index contributed by atoms with van der Waals surface area (Å²) in [4.78, 5) is 2.43. The van der Waals surface area contributed by atoms with Gasteiger partial charge in [-0.25, -0.2) is 0 Å². The minimum atomic E-state index is 0.00995. The van der Waals surface area contributed by atoms with Gasteiger partial charge in [0.1, 0.15) is 6.10 Å². The van der Waals surface area contributed by atoms with Crippen LogP contribution >= 0.6 is 0 Å². The Morgan fingerprint density at radius 2 is 1.29 bits per heavy atom. The first kappa shape index (κ1) is 28.8. The molecular formula is C38H42N2O. The lowest BCUT2D eigenvalue weighted by Crippen LogP contribution is -2.27. The normalized spacial score (nSPS) is 15.3. The van der Waals surface area contributed by atoms with Gasteiger partial charge in [-0.1, -0.05) is 121 Å². The summed E-state index contributed by atoms with van der Waals surface area (Å²) in [6, 6.07) is 36.4. The van der Waals surface area contributed by atoms with Crippen molar-refractivity contribution in [1.82, 2.24) is 10.2 Å². The third-order valence-electron chi connectivity index (χ3n) is 8.06. The van der Waals surface area contributed by atoms with E-state index >= 15 is 0 Å². The lowest BCUT2D eigenvalue weighted by molar-refractivity contribution is 0.0827. The fraction of sp³-hybridized carbons (Fsp3) is 0.263. The Kier molecular flexibility index (Phi) is 9.98. The Labute approximate surface area is 246 Å². The van der Waals surface area contributed by atoms with E-state index in [2.05, 4.69) is 133 Å². The van der Waals surface area contributed by atoms with Crippen molar-refractivity contribution in [3.05, 3.63) is 148 Å². The lowest BCUT2D eigenvalue weighted by Gasteiger charge is -2.27. The quantitative estimate of drug-likeness (QED) is 0.220. The molecule has 41 heavy (non-hydrogen) atoms. The number of ether oxygens (including phenoxy) is 1. The molecule has 1 aliphatic carbocycles. The number of fused-ring (bicyclic) bond motifs is 2. The fourth-order valence-corrected chi connectivity index (χ4v) is 5.74. The van der Waals surface area contributed by atoms with Crippen LogP contribution in [0.25, 0.3) is 17.7 Å². The lowest BCUT2D eigenvalue weighted by atomic mass is 9.86. The van der Waals surface area contributed by atoms with Gasteiger partial charge in [0.25, 0.3) is 0 Å². The molecule has 3 nitrogen and oxygen atoms in total. The summed E-state index contributed by atoms with van der Waals surface area (Å²) in [6.07, 6.45) is 6.88. The topological polar surface area (TPSA) is 24.5 Å². The molecule has 1 aliphatic heterocycles. The van der Waals surface area contributed by atoms with E-state index in [0.29, 0.717) is 6.61 Å². The molecule has 4 aromatic carbocycles. The third kappa shape index (κ3) is 7.12. The first-order chi connectivity index (χ1) is 20.2. The Balaban J connectivity index is 0.000000167. The highest BCUT2D eigenvalue weighted by atomic mass is 16.5. The summed E-state index contributed by atoms with van der Waals surface area (Å²) in [6.45, 7) is 6.01. The van der Waals surface area contributed by atoms with Crippen LogP contribution in [0.1, 0.15) is 57.9 Å². The Morgan fingerprint density at radius 3 is 1.90 bits per heavy atom. The second-order valence-corrected chi connectivity index (χ2v) is 10.9. The number of piperidine rings is 1. The maximum Gasteiger partial charge on any atom is 0.108 e. The molecule has 6 rings (SSSR count). The van der Waals surface area contributed by atoms with Crippen molar-refractivity contribution >= 4 is 17.7 Å². The number of likely N-dealkylation sites (N-methyl/N-ethyl adjacent to an activating group) is 1. The molecule has 3 heteroatoms. The predicted molar refractivity (Wildman–Crippen MR) is 174 cm³/mol. The molecule has 1 N–H and O–H groups in total. The van der Waals surface area contributed by atoms with Gasteiger partial charge in [0.05, 0.1) is 6.61 Å². The minimum Gasteiger partial charge on any atom is -0.367 e. The van der Waals surface area contributed by atoms with Crippen LogP contribution in [0.3, 0.4) is 0 Å². The standard InChI is InChI=1S/C21H21N.C17H21NO/c1-22-14-12-18(13-15-22)21-19-8-4-2-6-16(19)10-11-17-7-3-5-9-20(17)21;1-14-8-6-7-11-16(14)17(19-13-12-18-2)15-9-4-3-5-10-15/h2-11H,12-15H2,1H3;3-11,17-18H,12-13H2,1-2H3. The average molecular weight is 543 g/mol. The highest BCUT2D eigenvalue weighted by molar-refractivity contribution is 5.94. The number of likely N-dealkylation sites (tertiary alicyclic amines) is 1. The van der Waals surface area contributed by atoms with E-state index in [9.17, 15) is 0 Å². The van der Waals surface area contributed by atoms with Gasteiger partial charge in [0.15, 0.2) is 0 Å². The Hall–Kier alpha value is -3.76. The summed E-state index contributed by atoms with van der Waals surface area (Å²) in [5.41, 5.74) is 12.2. The maximum absolute atomic E-state index is 6.07. The van der Waals surface area contributed by atoms with Gasteiger partial charge in [-0.05, 0) is 78.4 Å². The second kappa shape index (κ2) is 14.2. The van der Waals surface area contributed by atoms with Crippen molar-refractivity contribution in [2.24, 2.45) is 0 Å². The van der Waals surface area contributed by atoms with Crippen molar-refractivity contribution in [3.8, 4) is 0 Å². The number of aryl methyl sites for hydroxylation is 1. The van der Waals surface area contributed by atoms with Crippen LogP contribution < -0.4 is 5.32 Å². The van der Waals surface area contributed by atoms with E-state index in [1.165, 1.54) is 57.4 Å². The predicted octanol–water partition coefficient (Wildman–Crippen LogP) is 8.02. The van der Waals surface area contributed by atoms with Gasteiger partial charge in [-0.15, -0.1) is 0 Å². The van der Waals surface area contributed by atoms with Crippen molar-refractivity contribution in [3.63, 3.8) is 0 Å². The van der Waals surface area contributed by atoms with E-state index in [-0.39, 0.29) is 6.10 Å². The van der Waals surface area contributed by atoms with Crippen LogP contribution in [0, 0.1) is 6.92 Å². The van der Waals surface area contributed by atoms with Crippen LogP contribution in [0.2, 0.25) is 0 Å². The zero-order valence-electron chi connectivity index (χ0n) is 24.6. The van der Waals surface area contributed by atoms with Gasteiger partial charge in [-0.3, -0.25) is 0 Å². The number of nitrogens with one attached hydrogen (secondary N) is 1. The monoisotopic (exact) mass is 542 g/mol. The molecule has 0 saturated carbocycles. The smallest absolute Gasteiger partial charge is 0.108 e. The SMILES string of the molecule is CN1CCC(=C2c3ccccc3C=Cc3ccccc32)CC1.CNCCOC(c1ccccc1)c1ccccc1C. The highest BCUT2D eigenvalue weighted by Gasteiger charge is 2.21. The van der Waals surface area contributed by atoms with E-state index in [4.69, 9.17) is 4.74 Å². The fourth-order valence-electron chi connectivity index (χ4n) is 5.74. The molecule has 0 bridgehead atoms. The minimum absolute atomic E-state index is 0.00995. The van der Waals surface area contributed by atoms with Crippen LogP contribution in [-0.4, -0.2) is 45.2 Å². The summed E-state index contributed by atoms with van der Waals surface area (Å²) >= 11 is 0.